The molecule has 9 atom stereocenters. The molecule has 1 amide bonds. The van der Waals surface area contributed by atoms with Crippen molar-refractivity contribution in [3.8, 4) is 0 Å². The van der Waals surface area contributed by atoms with E-state index in [1.807, 2.05) is 0 Å². The number of hydrogen-bond donors (Lipinski definition) is 2. The fourth-order valence-corrected chi connectivity index (χ4v) is 9.06. The Hall–Kier alpha value is -0.830. The van der Waals surface area contributed by atoms with Gasteiger partial charge in [-0.2, -0.15) is 0 Å². The lowest BCUT2D eigenvalue weighted by Crippen LogP contribution is -2.58. The zero-order valence-corrected chi connectivity index (χ0v) is 21.6. The molecule has 0 heterocycles. The van der Waals surface area contributed by atoms with E-state index >= 15 is 0 Å². The van der Waals surface area contributed by atoms with Crippen molar-refractivity contribution in [2.45, 2.75) is 118 Å². The van der Waals surface area contributed by atoms with E-state index in [2.05, 4.69) is 46.0 Å². The van der Waals surface area contributed by atoms with Crippen LogP contribution in [0.2, 0.25) is 0 Å². The quantitative estimate of drug-likeness (QED) is 0.460. The second kappa shape index (κ2) is 9.08. The molecular weight excluding hydrogens is 394 g/mol. The lowest BCUT2D eigenvalue weighted by Gasteiger charge is -2.60. The highest BCUT2D eigenvalue weighted by molar-refractivity contribution is 5.73. The Bertz CT molecular complexity index is 729. The number of nitrogens with one attached hydrogen (secondary N) is 1. The molecule has 2 N–H and O–H groups in total. The number of carbonyl (C=O) groups is 1. The summed E-state index contributed by atoms with van der Waals surface area (Å²) in [5, 5.41) is 13.8. The van der Waals surface area contributed by atoms with Crippen LogP contribution in [0.3, 0.4) is 0 Å². The summed E-state index contributed by atoms with van der Waals surface area (Å²) in [5.74, 6) is 4.42. The van der Waals surface area contributed by atoms with Gasteiger partial charge in [0, 0.05) is 6.92 Å². The first kappa shape index (κ1) is 24.3. The smallest absolute Gasteiger partial charge is 0.217 e. The number of hydrogen-bond acceptors (Lipinski definition) is 2. The molecule has 0 radical (unpaired) electrons. The third kappa shape index (κ3) is 4.21. The first-order chi connectivity index (χ1) is 15.1. The van der Waals surface area contributed by atoms with Gasteiger partial charge in [-0.3, -0.25) is 4.79 Å². The van der Waals surface area contributed by atoms with E-state index in [1.165, 1.54) is 50.5 Å². The van der Waals surface area contributed by atoms with Gasteiger partial charge < -0.3 is 10.4 Å². The molecule has 9 unspecified atom stereocenters. The van der Waals surface area contributed by atoms with Gasteiger partial charge >= 0.3 is 0 Å². The second-order valence-electron chi connectivity index (χ2n) is 13.1. The molecule has 4 aliphatic rings. The lowest BCUT2D eigenvalue weighted by molar-refractivity contribution is -0.122. The molecule has 4 rings (SSSR count). The van der Waals surface area contributed by atoms with Crippen molar-refractivity contribution >= 4 is 5.91 Å². The van der Waals surface area contributed by atoms with E-state index < -0.39 is 0 Å². The average molecular weight is 444 g/mol. The van der Waals surface area contributed by atoms with Crippen molar-refractivity contribution in [2.24, 2.45) is 46.3 Å². The van der Waals surface area contributed by atoms with Crippen LogP contribution in [0.5, 0.6) is 0 Å². The van der Waals surface area contributed by atoms with Crippen LogP contribution in [0.15, 0.2) is 11.6 Å². The summed E-state index contributed by atoms with van der Waals surface area (Å²) in [5.41, 5.74) is 2.04. The van der Waals surface area contributed by atoms with E-state index in [0.717, 1.165) is 37.0 Å². The molecule has 3 fully saturated rings. The minimum absolute atomic E-state index is 0.0921. The first-order valence-corrected chi connectivity index (χ1v) is 13.7. The number of carbonyl (C=O) groups excluding carboxylic acids is 1. The Balaban J connectivity index is 1.60. The molecular formula is C29H49NO2. The maximum absolute atomic E-state index is 12.2. The zero-order valence-electron chi connectivity index (χ0n) is 21.6. The fourth-order valence-electron chi connectivity index (χ4n) is 9.06. The van der Waals surface area contributed by atoms with Gasteiger partial charge in [0.25, 0.3) is 0 Å². The van der Waals surface area contributed by atoms with Crippen LogP contribution in [0.4, 0.5) is 0 Å². The van der Waals surface area contributed by atoms with Gasteiger partial charge in [0.1, 0.15) is 0 Å². The standard InChI is InChI=1S/C29H49NO2/c1-18(2)8-7-9-19(3)23-10-11-24-27-25(13-15-29(23,24)6)28(5)14-12-22(32)16-21(28)17-26(27)30-20(4)31/h17-19,22-27,32H,7-16H2,1-6H3,(H,30,31). The van der Waals surface area contributed by atoms with Gasteiger partial charge in [-0.25, -0.2) is 0 Å². The van der Waals surface area contributed by atoms with Crippen LogP contribution < -0.4 is 5.32 Å². The Morgan fingerprint density at radius 2 is 1.84 bits per heavy atom. The molecule has 0 aromatic carbocycles. The summed E-state index contributed by atoms with van der Waals surface area (Å²) < 4.78 is 0. The van der Waals surface area contributed by atoms with Gasteiger partial charge in [0.05, 0.1) is 12.1 Å². The summed E-state index contributed by atoms with van der Waals surface area (Å²) in [6.45, 7) is 14.0. The fraction of sp³-hybridized carbons (Fsp3) is 0.897. The van der Waals surface area contributed by atoms with Gasteiger partial charge in [-0.1, -0.05) is 65.5 Å². The normalized spacial score (nSPS) is 44.3. The highest BCUT2D eigenvalue weighted by Gasteiger charge is 2.61. The van der Waals surface area contributed by atoms with E-state index in [0.29, 0.717) is 23.2 Å². The second-order valence-corrected chi connectivity index (χ2v) is 13.1. The van der Waals surface area contributed by atoms with Crippen LogP contribution in [-0.2, 0) is 4.79 Å². The number of fused-ring (bicyclic) bond motifs is 5. The predicted octanol–water partition coefficient (Wildman–Crippen LogP) is 6.50. The molecule has 0 aliphatic heterocycles. The van der Waals surface area contributed by atoms with E-state index in [9.17, 15) is 9.90 Å². The largest absolute Gasteiger partial charge is 0.393 e. The third-order valence-electron chi connectivity index (χ3n) is 10.7. The third-order valence-corrected chi connectivity index (χ3v) is 10.7. The Morgan fingerprint density at radius 3 is 2.53 bits per heavy atom. The summed E-state index contributed by atoms with van der Waals surface area (Å²) in [4.78, 5) is 12.2. The Morgan fingerprint density at radius 1 is 1.09 bits per heavy atom. The maximum Gasteiger partial charge on any atom is 0.217 e. The van der Waals surface area contributed by atoms with Crippen molar-refractivity contribution in [3.63, 3.8) is 0 Å². The topological polar surface area (TPSA) is 49.3 Å². The minimum Gasteiger partial charge on any atom is -0.393 e. The summed E-state index contributed by atoms with van der Waals surface area (Å²) in [6, 6.07) is 0.144. The van der Waals surface area contributed by atoms with Crippen molar-refractivity contribution in [1.82, 2.24) is 5.32 Å². The number of rotatable bonds is 6. The Kier molecular flexibility index (Phi) is 6.90. The van der Waals surface area contributed by atoms with Gasteiger partial charge in [0.2, 0.25) is 5.91 Å². The molecule has 0 aromatic rings. The predicted molar refractivity (Wildman–Crippen MR) is 132 cm³/mol. The first-order valence-electron chi connectivity index (χ1n) is 13.7. The van der Waals surface area contributed by atoms with Crippen molar-refractivity contribution in [1.29, 1.82) is 0 Å². The van der Waals surface area contributed by atoms with Gasteiger partial charge in [0.15, 0.2) is 0 Å². The van der Waals surface area contributed by atoms with Crippen LogP contribution in [0.25, 0.3) is 0 Å². The van der Waals surface area contributed by atoms with Crippen molar-refractivity contribution in [2.75, 3.05) is 0 Å². The van der Waals surface area contributed by atoms with Gasteiger partial charge in [-0.05, 0) is 91.3 Å². The van der Waals surface area contributed by atoms with Crippen LogP contribution in [0.1, 0.15) is 106 Å². The van der Waals surface area contributed by atoms with Crippen LogP contribution in [-0.4, -0.2) is 23.2 Å². The minimum atomic E-state index is -0.208. The molecule has 0 bridgehead atoms. The van der Waals surface area contributed by atoms with Crippen LogP contribution in [0, 0.1) is 46.3 Å². The molecule has 182 valence electrons. The molecule has 0 saturated heterocycles. The van der Waals surface area contributed by atoms with Crippen molar-refractivity contribution in [3.05, 3.63) is 11.6 Å². The number of amides is 1. The summed E-state index contributed by atoms with van der Waals surface area (Å²) >= 11 is 0. The van der Waals surface area contributed by atoms with Gasteiger partial charge in [-0.15, -0.1) is 0 Å². The van der Waals surface area contributed by atoms with E-state index in [-0.39, 0.29) is 23.5 Å². The number of aliphatic hydroxyl groups excluding tert-OH is 1. The molecule has 3 nitrogen and oxygen atoms in total. The molecule has 0 spiro atoms. The number of aliphatic hydroxyl groups is 1. The highest BCUT2D eigenvalue weighted by Crippen LogP contribution is 2.67. The molecule has 0 aromatic heterocycles. The highest BCUT2D eigenvalue weighted by atomic mass is 16.3. The SMILES string of the molecule is CC(=O)NC1C=C2CC(O)CCC2(C)C2CCC3(C)C(C(C)CCCC(C)C)CCC3C12. The zero-order chi connectivity index (χ0) is 23.3. The monoisotopic (exact) mass is 443 g/mol. The van der Waals surface area contributed by atoms with E-state index in [4.69, 9.17) is 0 Å². The van der Waals surface area contributed by atoms with Crippen molar-refractivity contribution < 1.29 is 9.90 Å². The van der Waals surface area contributed by atoms with E-state index in [1.54, 1.807) is 6.92 Å². The summed E-state index contributed by atoms with van der Waals surface area (Å²) in [6.07, 6.45) is 14.4. The molecule has 3 heteroatoms. The summed E-state index contributed by atoms with van der Waals surface area (Å²) in [7, 11) is 0. The average Bonchev–Trinajstić information content (AvgIpc) is 3.05. The molecule has 3 saturated carbocycles. The molecule has 32 heavy (non-hydrogen) atoms. The Labute approximate surface area is 197 Å². The van der Waals surface area contributed by atoms with Crippen LogP contribution >= 0.6 is 0 Å². The lowest BCUT2D eigenvalue weighted by atomic mass is 9.46. The maximum atomic E-state index is 12.2. The molecule has 4 aliphatic carbocycles.